The summed E-state index contributed by atoms with van der Waals surface area (Å²) in [6.45, 7) is 2.15. The van der Waals surface area contributed by atoms with E-state index in [0.29, 0.717) is 27.7 Å². The van der Waals surface area contributed by atoms with Crippen molar-refractivity contribution >= 4 is 50.7 Å². The number of esters is 1. The van der Waals surface area contributed by atoms with Crippen LogP contribution in [0.1, 0.15) is 27.0 Å². The van der Waals surface area contributed by atoms with Crippen LogP contribution in [0.15, 0.2) is 100 Å². The normalized spacial score (nSPS) is 13.5. The molecule has 0 unspecified atom stereocenters. The first-order chi connectivity index (χ1) is 17.7. The summed E-state index contributed by atoms with van der Waals surface area (Å²) in [6, 6.07) is 26.0. The zero-order valence-corrected chi connectivity index (χ0v) is 21.9. The first-order valence-corrected chi connectivity index (χ1v) is 13.5. The third-order valence-electron chi connectivity index (χ3n) is 5.87. The number of hydrogen-bond acceptors (Lipinski definition) is 5. The molecule has 0 saturated carbocycles. The number of anilines is 1. The predicted molar refractivity (Wildman–Crippen MR) is 145 cm³/mol. The molecule has 4 aromatic rings. The van der Waals surface area contributed by atoms with Crippen LogP contribution in [-0.4, -0.2) is 20.2 Å². The number of carbonyl (C=O) groups excluding carboxylic acids is 1. The summed E-state index contributed by atoms with van der Waals surface area (Å²) in [5, 5.41) is 0.585. The zero-order valence-electron chi connectivity index (χ0n) is 19.6. The van der Waals surface area contributed by atoms with Crippen LogP contribution in [0.4, 0.5) is 5.69 Å². The van der Waals surface area contributed by atoms with Gasteiger partial charge in [-0.1, -0.05) is 71.2 Å². The van der Waals surface area contributed by atoms with Crippen molar-refractivity contribution in [1.82, 2.24) is 0 Å². The molecule has 9 heteroatoms. The van der Waals surface area contributed by atoms with Gasteiger partial charge < -0.3 is 9.64 Å². The predicted octanol–water partition coefficient (Wildman–Crippen LogP) is 6.68. The SMILES string of the molecule is Cc1ccc(N(Cc2ccccc2OC(=O)c2ccc(Cl)cc2Cl)C2=NS(=O)(=O)c3ccccc32)cc1. The third-order valence-corrected chi connectivity index (χ3v) is 7.74. The van der Waals surface area contributed by atoms with Crippen LogP contribution in [0, 0.1) is 6.92 Å². The fraction of sp³-hybridized carbons (Fsp3) is 0.0714. The Labute approximate surface area is 224 Å². The van der Waals surface area contributed by atoms with E-state index in [9.17, 15) is 13.2 Å². The Hall–Kier alpha value is -3.65. The average molecular weight is 551 g/mol. The molecule has 0 amide bonds. The molecule has 1 aliphatic rings. The van der Waals surface area contributed by atoms with E-state index in [-0.39, 0.29) is 22.0 Å². The molecule has 0 radical (unpaired) electrons. The number of rotatable bonds is 5. The van der Waals surface area contributed by atoms with Gasteiger partial charge in [-0.2, -0.15) is 8.42 Å². The van der Waals surface area contributed by atoms with Crippen LogP contribution in [0.2, 0.25) is 10.0 Å². The highest BCUT2D eigenvalue weighted by atomic mass is 35.5. The molecule has 0 aliphatic carbocycles. The summed E-state index contributed by atoms with van der Waals surface area (Å²) in [4.78, 5) is 14.9. The Balaban J connectivity index is 1.55. The number of fused-ring (bicyclic) bond motifs is 1. The Morgan fingerprint density at radius 3 is 2.38 bits per heavy atom. The first kappa shape index (κ1) is 25.0. The van der Waals surface area contributed by atoms with Gasteiger partial charge in [0.2, 0.25) is 0 Å². The van der Waals surface area contributed by atoms with E-state index in [1.165, 1.54) is 12.1 Å². The Kier molecular flexibility index (Phi) is 6.77. The van der Waals surface area contributed by atoms with Crippen LogP contribution in [0.5, 0.6) is 5.75 Å². The number of hydrogen-bond donors (Lipinski definition) is 0. The van der Waals surface area contributed by atoms with E-state index >= 15 is 0 Å². The van der Waals surface area contributed by atoms with E-state index in [1.807, 2.05) is 43.3 Å². The molecule has 0 bridgehead atoms. The quantitative estimate of drug-likeness (QED) is 0.204. The molecule has 1 aliphatic heterocycles. The highest BCUT2D eigenvalue weighted by Crippen LogP contribution is 2.33. The van der Waals surface area contributed by atoms with Crippen LogP contribution in [0.3, 0.4) is 0 Å². The van der Waals surface area contributed by atoms with Crippen molar-refractivity contribution in [2.75, 3.05) is 4.90 Å². The number of ether oxygens (including phenoxy) is 1. The summed E-state index contributed by atoms with van der Waals surface area (Å²) in [7, 11) is -3.85. The molecule has 186 valence electrons. The lowest BCUT2D eigenvalue weighted by molar-refractivity contribution is 0.0733. The summed E-state index contributed by atoms with van der Waals surface area (Å²) < 4.78 is 35.5. The fourth-order valence-corrected chi connectivity index (χ4v) is 5.71. The molecular formula is C28H20Cl2N2O4S. The molecule has 6 nitrogen and oxygen atoms in total. The molecule has 0 atom stereocenters. The monoisotopic (exact) mass is 550 g/mol. The smallest absolute Gasteiger partial charge is 0.345 e. The summed E-state index contributed by atoms with van der Waals surface area (Å²) in [6.07, 6.45) is 0. The van der Waals surface area contributed by atoms with Crippen molar-refractivity contribution in [3.05, 3.63) is 123 Å². The van der Waals surface area contributed by atoms with E-state index in [4.69, 9.17) is 27.9 Å². The number of carbonyl (C=O) groups is 1. The maximum Gasteiger partial charge on any atom is 0.345 e. The molecule has 4 aromatic carbocycles. The highest BCUT2D eigenvalue weighted by Gasteiger charge is 2.32. The second-order valence-corrected chi connectivity index (χ2v) is 10.8. The summed E-state index contributed by atoms with van der Waals surface area (Å²) in [5.74, 6) is -0.0335. The lowest BCUT2D eigenvalue weighted by Gasteiger charge is -2.26. The lowest BCUT2D eigenvalue weighted by atomic mass is 10.1. The van der Waals surface area contributed by atoms with Gasteiger partial charge in [0.25, 0.3) is 10.0 Å². The van der Waals surface area contributed by atoms with Crippen molar-refractivity contribution in [1.29, 1.82) is 0 Å². The standard InChI is InChI=1S/C28H20Cl2N2O4S/c1-18-10-13-21(14-11-18)32(27-23-7-3-5-9-26(23)37(34,35)31-27)17-19-6-2-4-8-25(19)36-28(33)22-15-12-20(29)16-24(22)30/h2-16H,17H2,1H3. The van der Waals surface area contributed by atoms with Gasteiger partial charge in [-0.3, -0.25) is 0 Å². The molecule has 0 aromatic heterocycles. The van der Waals surface area contributed by atoms with Crippen LogP contribution in [0.25, 0.3) is 0 Å². The minimum atomic E-state index is -3.85. The van der Waals surface area contributed by atoms with Crippen molar-refractivity contribution in [3.8, 4) is 5.75 Å². The van der Waals surface area contributed by atoms with Crippen molar-refractivity contribution in [2.45, 2.75) is 18.4 Å². The topological polar surface area (TPSA) is 76.0 Å². The Morgan fingerprint density at radius 2 is 1.62 bits per heavy atom. The van der Waals surface area contributed by atoms with Crippen LogP contribution in [-0.2, 0) is 16.6 Å². The first-order valence-electron chi connectivity index (χ1n) is 11.3. The number of nitrogens with zero attached hydrogens (tertiary/aromatic N) is 2. The second kappa shape index (κ2) is 10.0. The largest absolute Gasteiger partial charge is 0.423 e. The molecule has 0 fully saturated rings. The van der Waals surface area contributed by atoms with Crippen LogP contribution >= 0.6 is 23.2 Å². The number of benzene rings is 4. The van der Waals surface area contributed by atoms with Gasteiger partial charge in [0.15, 0.2) is 5.84 Å². The highest BCUT2D eigenvalue weighted by molar-refractivity contribution is 7.90. The molecular weight excluding hydrogens is 531 g/mol. The number of para-hydroxylation sites is 1. The molecule has 37 heavy (non-hydrogen) atoms. The average Bonchev–Trinajstić information content (AvgIpc) is 3.14. The van der Waals surface area contributed by atoms with Gasteiger partial charge in [-0.25, -0.2) is 4.79 Å². The summed E-state index contributed by atoms with van der Waals surface area (Å²) in [5.41, 5.74) is 3.12. The maximum absolute atomic E-state index is 12.9. The van der Waals surface area contributed by atoms with E-state index < -0.39 is 16.0 Å². The van der Waals surface area contributed by atoms with E-state index in [2.05, 4.69) is 4.40 Å². The minimum Gasteiger partial charge on any atom is -0.423 e. The number of halogens is 2. The van der Waals surface area contributed by atoms with Gasteiger partial charge in [0, 0.05) is 21.8 Å². The molecule has 0 N–H and O–H groups in total. The van der Waals surface area contributed by atoms with Crippen molar-refractivity contribution in [2.24, 2.45) is 4.40 Å². The molecule has 1 heterocycles. The van der Waals surface area contributed by atoms with E-state index in [1.54, 1.807) is 47.4 Å². The molecule has 0 spiro atoms. The molecule has 5 rings (SSSR count). The van der Waals surface area contributed by atoms with E-state index in [0.717, 1.165) is 11.3 Å². The lowest BCUT2D eigenvalue weighted by Crippen LogP contribution is -2.30. The zero-order chi connectivity index (χ0) is 26.2. The van der Waals surface area contributed by atoms with Crippen molar-refractivity contribution in [3.63, 3.8) is 0 Å². The van der Waals surface area contributed by atoms with Gasteiger partial charge in [-0.15, -0.1) is 4.40 Å². The van der Waals surface area contributed by atoms with Gasteiger partial charge in [0.05, 0.1) is 17.1 Å². The number of amidine groups is 1. The molecule has 0 saturated heterocycles. The Morgan fingerprint density at radius 1 is 0.919 bits per heavy atom. The number of aryl methyl sites for hydroxylation is 1. The second-order valence-electron chi connectivity index (χ2n) is 8.43. The van der Waals surface area contributed by atoms with Gasteiger partial charge in [0.1, 0.15) is 10.6 Å². The van der Waals surface area contributed by atoms with Crippen molar-refractivity contribution < 1.29 is 17.9 Å². The minimum absolute atomic E-state index is 0.152. The number of sulfonamides is 1. The third kappa shape index (κ3) is 5.11. The van der Waals surface area contributed by atoms with Gasteiger partial charge >= 0.3 is 5.97 Å². The van der Waals surface area contributed by atoms with Gasteiger partial charge in [-0.05, 0) is 55.5 Å². The van der Waals surface area contributed by atoms with Crippen LogP contribution < -0.4 is 9.64 Å². The fourth-order valence-electron chi connectivity index (χ4n) is 4.01. The maximum atomic E-state index is 12.9. The summed E-state index contributed by atoms with van der Waals surface area (Å²) >= 11 is 12.2. The Bertz CT molecular complexity index is 1650.